The Bertz CT molecular complexity index is 408. The van der Waals surface area contributed by atoms with Gasteiger partial charge in [-0.1, -0.05) is 12.1 Å². The molecule has 0 heterocycles. The fourth-order valence-corrected chi connectivity index (χ4v) is 2.09. The molecule has 0 fully saturated rings. The Morgan fingerprint density at radius 3 is 2.05 bits per heavy atom. The average molecular weight is 298 g/mol. The van der Waals surface area contributed by atoms with Crippen molar-refractivity contribution in [2.45, 2.75) is 39.3 Å². The van der Waals surface area contributed by atoms with Gasteiger partial charge in [-0.15, -0.1) is 0 Å². The lowest BCUT2D eigenvalue weighted by Gasteiger charge is -2.18. The van der Waals surface area contributed by atoms with Gasteiger partial charge in [0, 0.05) is 40.3 Å². The van der Waals surface area contributed by atoms with Crippen LogP contribution in [0.4, 0.5) is 0 Å². The van der Waals surface area contributed by atoms with Gasteiger partial charge in [-0.25, -0.2) is 0 Å². The molecule has 0 saturated carbocycles. The van der Waals surface area contributed by atoms with Crippen LogP contribution in [0, 0.1) is 0 Å². The van der Waals surface area contributed by atoms with Crippen molar-refractivity contribution >= 4 is 0 Å². The maximum absolute atomic E-state index is 9.97. The highest BCUT2D eigenvalue weighted by Gasteiger charge is 2.14. The third-order valence-corrected chi connectivity index (χ3v) is 3.16. The van der Waals surface area contributed by atoms with Crippen LogP contribution in [0.25, 0.3) is 0 Å². The average Bonchev–Trinajstić information content (AvgIpc) is 2.49. The van der Waals surface area contributed by atoms with Gasteiger partial charge in [0.05, 0.1) is 0 Å². The number of benzene rings is 1. The van der Waals surface area contributed by atoms with E-state index in [0.29, 0.717) is 26.1 Å². The number of methoxy groups -OCH3 is 2. The number of phenols is 1. The molecular weight excluding hydrogens is 272 g/mol. The molecule has 120 valence electrons. The molecule has 0 amide bonds. The second-order valence-electron chi connectivity index (χ2n) is 4.61. The summed E-state index contributed by atoms with van der Waals surface area (Å²) in [7, 11) is 3.22. The number of hydrogen-bond donors (Lipinski definition) is 1. The number of rotatable bonds is 10. The van der Waals surface area contributed by atoms with Gasteiger partial charge in [-0.3, -0.25) is 0 Å². The van der Waals surface area contributed by atoms with Crippen molar-refractivity contribution < 1.29 is 24.1 Å². The summed E-state index contributed by atoms with van der Waals surface area (Å²) in [5, 5.41) is 9.97. The Morgan fingerprint density at radius 1 is 0.952 bits per heavy atom. The fraction of sp³-hybridized carbons (Fsp3) is 0.625. The van der Waals surface area contributed by atoms with Crippen molar-refractivity contribution in [2.75, 3.05) is 27.4 Å². The highest BCUT2D eigenvalue weighted by atomic mass is 16.7. The van der Waals surface area contributed by atoms with Crippen molar-refractivity contribution in [2.24, 2.45) is 0 Å². The molecule has 21 heavy (non-hydrogen) atoms. The van der Waals surface area contributed by atoms with Crippen LogP contribution in [0.3, 0.4) is 0 Å². The van der Waals surface area contributed by atoms with Gasteiger partial charge in [0.1, 0.15) is 5.75 Å². The summed E-state index contributed by atoms with van der Waals surface area (Å²) in [5.74, 6) is 0.242. The quantitative estimate of drug-likeness (QED) is 0.673. The maximum atomic E-state index is 9.97. The van der Waals surface area contributed by atoms with Gasteiger partial charge >= 0.3 is 0 Å². The van der Waals surface area contributed by atoms with Gasteiger partial charge in [0.15, 0.2) is 12.6 Å². The van der Waals surface area contributed by atoms with Crippen LogP contribution in [-0.4, -0.2) is 45.1 Å². The predicted molar refractivity (Wildman–Crippen MR) is 80.4 cm³/mol. The van der Waals surface area contributed by atoms with E-state index in [1.807, 2.05) is 26.0 Å². The molecule has 0 bridgehead atoms. The summed E-state index contributed by atoms with van der Waals surface area (Å²) in [6.07, 6.45) is 0.485. The Hall–Kier alpha value is -1.14. The minimum Gasteiger partial charge on any atom is -0.508 e. The van der Waals surface area contributed by atoms with Crippen molar-refractivity contribution in [1.29, 1.82) is 0 Å². The van der Waals surface area contributed by atoms with E-state index in [1.165, 1.54) is 0 Å². The Labute approximate surface area is 126 Å². The molecule has 5 heteroatoms. The van der Waals surface area contributed by atoms with E-state index in [4.69, 9.17) is 18.9 Å². The van der Waals surface area contributed by atoms with Crippen molar-refractivity contribution in [3.63, 3.8) is 0 Å². The lowest BCUT2D eigenvalue weighted by Crippen LogP contribution is -2.20. The SMILES string of the molecule is CCOC(Cc1ccc(O)c(CC(OC)OCC)c1)OC. The van der Waals surface area contributed by atoms with Gasteiger partial charge in [-0.2, -0.15) is 0 Å². The standard InChI is InChI=1S/C16H26O5/c1-5-20-15(18-3)10-12-7-8-14(17)13(9-12)11-16(19-4)21-6-2/h7-9,15-17H,5-6,10-11H2,1-4H3. The monoisotopic (exact) mass is 298 g/mol. The molecule has 0 aliphatic carbocycles. The van der Waals surface area contributed by atoms with Crippen molar-refractivity contribution in [1.82, 2.24) is 0 Å². The first-order valence-electron chi connectivity index (χ1n) is 7.24. The molecule has 2 unspecified atom stereocenters. The lowest BCUT2D eigenvalue weighted by molar-refractivity contribution is -0.119. The second-order valence-corrected chi connectivity index (χ2v) is 4.61. The molecule has 1 rings (SSSR count). The molecule has 0 aliphatic heterocycles. The zero-order valence-electron chi connectivity index (χ0n) is 13.3. The van der Waals surface area contributed by atoms with E-state index in [1.54, 1.807) is 20.3 Å². The molecule has 0 aliphatic rings. The van der Waals surface area contributed by atoms with Crippen LogP contribution >= 0.6 is 0 Å². The summed E-state index contributed by atoms with van der Waals surface area (Å²) in [6, 6.07) is 5.49. The van der Waals surface area contributed by atoms with Crippen LogP contribution in [0.1, 0.15) is 25.0 Å². The smallest absolute Gasteiger partial charge is 0.161 e. The molecule has 5 nitrogen and oxygen atoms in total. The zero-order chi connectivity index (χ0) is 15.7. The first-order valence-corrected chi connectivity index (χ1v) is 7.24. The molecule has 0 saturated heterocycles. The largest absolute Gasteiger partial charge is 0.508 e. The van der Waals surface area contributed by atoms with E-state index >= 15 is 0 Å². The van der Waals surface area contributed by atoms with Crippen LogP contribution < -0.4 is 0 Å². The Balaban J connectivity index is 2.78. The highest BCUT2D eigenvalue weighted by Crippen LogP contribution is 2.22. The molecular formula is C16H26O5. The van der Waals surface area contributed by atoms with E-state index < -0.39 is 0 Å². The Kier molecular flexibility index (Phi) is 8.30. The summed E-state index contributed by atoms with van der Waals surface area (Å²) in [6.45, 7) is 5.00. The van der Waals surface area contributed by atoms with E-state index in [-0.39, 0.29) is 18.3 Å². The second kappa shape index (κ2) is 9.73. The fourth-order valence-electron chi connectivity index (χ4n) is 2.09. The zero-order valence-corrected chi connectivity index (χ0v) is 13.3. The van der Waals surface area contributed by atoms with E-state index in [2.05, 4.69) is 0 Å². The van der Waals surface area contributed by atoms with Gasteiger partial charge in [0.2, 0.25) is 0 Å². The topological polar surface area (TPSA) is 57.2 Å². The first-order chi connectivity index (χ1) is 10.1. The van der Waals surface area contributed by atoms with Gasteiger partial charge in [-0.05, 0) is 31.0 Å². The minimum absolute atomic E-state index is 0.242. The molecule has 0 spiro atoms. The number of ether oxygens (including phenoxy) is 4. The Morgan fingerprint density at radius 2 is 1.52 bits per heavy atom. The third kappa shape index (κ3) is 6.01. The van der Waals surface area contributed by atoms with Crippen LogP contribution in [-0.2, 0) is 31.8 Å². The van der Waals surface area contributed by atoms with Crippen LogP contribution in [0.2, 0.25) is 0 Å². The first kappa shape index (κ1) is 17.9. The molecule has 1 aromatic carbocycles. The number of hydrogen-bond acceptors (Lipinski definition) is 5. The number of aromatic hydroxyl groups is 1. The molecule has 0 radical (unpaired) electrons. The predicted octanol–water partition coefficient (Wildman–Crippen LogP) is 2.50. The van der Waals surface area contributed by atoms with Gasteiger partial charge in [0.25, 0.3) is 0 Å². The van der Waals surface area contributed by atoms with E-state index in [0.717, 1.165) is 11.1 Å². The molecule has 1 aromatic rings. The van der Waals surface area contributed by atoms with Crippen molar-refractivity contribution in [3.05, 3.63) is 29.3 Å². The lowest BCUT2D eigenvalue weighted by atomic mass is 10.0. The molecule has 0 aromatic heterocycles. The molecule has 2 atom stereocenters. The third-order valence-electron chi connectivity index (χ3n) is 3.16. The summed E-state index contributed by atoms with van der Waals surface area (Å²) in [5.41, 5.74) is 1.83. The number of phenolic OH excluding ortho intramolecular Hbond substituents is 1. The normalized spacial score (nSPS) is 14.1. The van der Waals surface area contributed by atoms with Gasteiger partial charge < -0.3 is 24.1 Å². The summed E-state index contributed by atoms with van der Waals surface area (Å²) < 4.78 is 21.4. The van der Waals surface area contributed by atoms with Crippen LogP contribution in [0.5, 0.6) is 5.75 Å². The summed E-state index contributed by atoms with van der Waals surface area (Å²) >= 11 is 0. The maximum Gasteiger partial charge on any atom is 0.161 e. The van der Waals surface area contributed by atoms with Crippen molar-refractivity contribution in [3.8, 4) is 5.75 Å². The summed E-state index contributed by atoms with van der Waals surface area (Å²) in [4.78, 5) is 0. The molecule has 1 N–H and O–H groups in total. The van der Waals surface area contributed by atoms with Crippen LogP contribution in [0.15, 0.2) is 18.2 Å². The highest BCUT2D eigenvalue weighted by molar-refractivity contribution is 5.36. The minimum atomic E-state index is -0.360. The van der Waals surface area contributed by atoms with E-state index in [9.17, 15) is 5.11 Å².